The van der Waals surface area contributed by atoms with Crippen molar-refractivity contribution in [2.45, 2.75) is 6.92 Å². The number of hydrogen-bond acceptors (Lipinski definition) is 5. The second-order valence-corrected chi connectivity index (χ2v) is 6.53. The van der Waals surface area contributed by atoms with Crippen LogP contribution in [-0.4, -0.2) is 30.9 Å². The molecule has 3 rings (SSSR count). The molecule has 0 aromatic heterocycles. The fourth-order valence-electron chi connectivity index (χ4n) is 2.63. The number of anilines is 1. The van der Waals surface area contributed by atoms with Gasteiger partial charge in [-0.05, 0) is 48.9 Å². The predicted molar refractivity (Wildman–Crippen MR) is 104 cm³/mol. The van der Waals surface area contributed by atoms with E-state index < -0.39 is 0 Å². The quantitative estimate of drug-likeness (QED) is 0.765. The summed E-state index contributed by atoms with van der Waals surface area (Å²) in [6.45, 7) is 1.77. The van der Waals surface area contributed by atoms with E-state index in [1.807, 2.05) is 24.3 Å². The maximum Gasteiger partial charge on any atom is 0.280 e. The topological polar surface area (TPSA) is 71.4 Å². The molecule has 0 aliphatic carbocycles. The summed E-state index contributed by atoms with van der Waals surface area (Å²) in [5.41, 5.74) is 2.39. The SMILES string of the molecule is COc1cc(/C=C2/C(=O)N(c3cccc(Br)c3)N=C2C)cc(OC)c1O. The Bertz CT molecular complexity index is 912. The minimum absolute atomic E-state index is 0.0870. The van der Waals surface area contributed by atoms with Gasteiger partial charge in [0.1, 0.15) is 0 Å². The number of phenolic OH excluding ortho intramolecular Hbond substituents is 1. The van der Waals surface area contributed by atoms with Gasteiger partial charge in [0.2, 0.25) is 5.75 Å². The highest BCUT2D eigenvalue weighted by Crippen LogP contribution is 2.38. The number of hydrazone groups is 1. The number of hydrogen-bond donors (Lipinski definition) is 1. The Morgan fingerprint density at radius 1 is 1.15 bits per heavy atom. The van der Waals surface area contributed by atoms with Crippen molar-refractivity contribution in [1.82, 2.24) is 0 Å². The van der Waals surface area contributed by atoms with Crippen molar-refractivity contribution in [3.63, 3.8) is 0 Å². The van der Waals surface area contributed by atoms with Crippen molar-refractivity contribution in [1.29, 1.82) is 0 Å². The van der Waals surface area contributed by atoms with Gasteiger partial charge in [0.25, 0.3) is 5.91 Å². The first kappa shape index (κ1) is 18.0. The zero-order chi connectivity index (χ0) is 18.8. The summed E-state index contributed by atoms with van der Waals surface area (Å²) >= 11 is 3.40. The van der Waals surface area contributed by atoms with Gasteiger partial charge in [-0.15, -0.1) is 0 Å². The number of benzene rings is 2. The summed E-state index contributed by atoms with van der Waals surface area (Å²) in [4.78, 5) is 12.8. The van der Waals surface area contributed by atoms with Crippen molar-refractivity contribution >= 4 is 39.3 Å². The van der Waals surface area contributed by atoms with E-state index >= 15 is 0 Å². The van der Waals surface area contributed by atoms with E-state index in [4.69, 9.17) is 9.47 Å². The van der Waals surface area contributed by atoms with Crippen molar-refractivity contribution < 1.29 is 19.4 Å². The number of amides is 1. The molecule has 1 N–H and O–H groups in total. The number of ether oxygens (including phenoxy) is 2. The minimum Gasteiger partial charge on any atom is -0.502 e. The first-order valence-electron chi connectivity index (χ1n) is 7.77. The molecule has 1 aliphatic heterocycles. The standard InChI is InChI=1S/C19H17BrN2O4/c1-11-15(7-12-8-16(25-2)18(23)17(9-12)26-3)19(24)22(21-11)14-6-4-5-13(20)10-14/h4-10,23H,1-3H3/b15-7+. The smallest absolute Gasteiger partial charge is 0.280 e. The van der Waals surface area contributed by atoms with Crippen LogP contribution in [0.4, 0.5) is 5.69 Å². The molecule has 0 radical (unpaired) electrons. The van der Waals surface area contributed by atoms with Gasteiger partial charge in [0.15, 0.2) is 11.5 Å². The molecule has 1 aliphatic rings. The minimum atomic E-state index is -0.230. The molecule has 7 heteroatoms. The van der Waals surface area contributed by atoms with Gasteiger partial charge in [0, 0.05) is 4.47 Å². The van der Waals surface area contributed by atoms with E-state index in [9.17, 15) is 9.90 Å². The third kappa shape index (κ3) is 3.30. The molecule has 0 saturated carbocycles. The predicted octanol–water partition coefficient (Wildman–Crippen LogP) is 3.98. The number of aromatic hydroxyl groups is 1. The average Bonchev–Trinajstić information content (AvgIpc) is 2.91. The van der Waals surface area contributed by atoms with Crippen molar-refractivity contribution in [3.05, 3.63) is 52.0 Å². The maximum atomic E-state index is 12.8. The van der Waals surface area contributed by atoms with E-state index in [-0.39, 0.29) is 23.2 Å². The van der Waals surface area contributed by atoms with Gasteiger partial charge in [-0.1, -0.05) is 22.0 Å². The molecule has 0 saturated heterocycles. The van der Waals surface area contributed by atoms with Gasteiger partial charge in [-0.25, -0.2) is 0 Å². The van der Waals surface area contributed by atoms with Crippen LogP contribution in [0.5, 0.6) is 17.2 Å². The largest absolute Gasteiger partial charge is 0.502 e. The molecule has 0 unspecified atom stereocenters. The van der Waals surface area contributed by atoms with Gasteiger partial charge in [0.05, 0.1) is 31.2 Å². The van der Waals surface area contributed by atoms with Crippen molar-refractivity contribution in [3.8, 4) is 17.2 Å². The zero-order valence-corrected chi connectivity index (χ0v) is 16.1. The van der Waals surface area contributed by atoms with Crippen LogP contribution < -0.4 is 14.5 Å². The van der Waals surface area contributed by atoms with E-state index in [1.165, 1.54) is 19.2 Å². The summed E-state index contributed by atoms with van der Waals surface area (Å²) in [5, 5.41) is 15.7. The normalized spacial score (nSPS) is 15.4. The molecular weight excluding hydrogens is 400 g/mol. The van der Waals surface area contributed by atoms with Crippen LogP contribution in [0.3, 0.4) is 0 Å². The second-order valence-electron chi connectivity index (χ2n) is 5.61. The molecule has 0 atom stereocenters. The Kier molecular flexibility index (Phi) is 4.99. The third-order valence-electron chi connectivity index (χ3n) is 3.93. The van der Waals surface area contributed by atoms with Crippen LogP contribution in [-0.2, 0) is 4.79 Å². The van der Waals surface area contributed by atoms with Crippen LogP contribution in [0.1, 0.15) is 12.5 Å². The molecular formula is C19H17BrN2O4. The van der Waals surface area contributed by atoms with Gasteiger partial charge < -0.3 is 14.6 Å². The summed E-state index contributed by atoms with van der Waals surface area (Å²) < 4.78 is 11.2. The Morgan fingerprint density at radius 3 is 2.38 bits per heavy atom. The number of carbonyl (C=O) groups excluding carboxylic acids is 1. The lowest BCUT2D eigenvalue weighted by Gasteiger charge is -2.12. The number of carbonyl (C=O) groups is 1. The van der Waals surface area contributed by atoms with Crippen molar-refractivity contribution in [2.75, 3.05) is 19.2 Å². The summed E-state index contributed by atoms with van der Waals surface area (Å²) in [6.07, 6.45) is 1.70. The lowest BCUT2D eigenvalue weighted by molar-refractivity contribution is -0.114. The van der Waals surface area contributed by atoms with Crippen LogP contribution >= 0.6 is 15.9 Å². The summed E-state index contributed by atoms with van der Waals surface area (Å²) in [5.74, 6) is 0.211. The number of halogens is 1. The number of phenols is 1. The third-order valence-corrected chi connectivity index (χ3v) is 4.42. The molecule has 0 spiro atoms. The van der Waals surface area contributed by atoms with E-state index in [2.05, 4.69) is 21.0 Å². The molecule has 26 heavy (non-hydrogen) atoms. The highest BCUT2D eigenvalue weighted by molar-refractivity contribution is 9.10. The lowest BCUT2D eigenvalue weighted by Crippen LogP contribution is -2.21. The van der Waals surface area contributed by atoms with Crippen molar-refractivity contribution in [2.24, 2.45) is 5.10 Å². The molecule has 0 bridgehead atoms. The first-order valence-corrected chi connectivity index (χ1v) is 8.56. The highest BCUT2D eigenvalue weighted by atomic mass is 79.9. The lowest BCUT2D eigenvalue weighted by atomic mass is 10.1. The molecule has 1 amide bonds. The molecule has 0 fully saturated rings. The van der Waals surface area contributed by atoms with Crippen LogP contribution in [0, 0.1) is 0 Å². The zero-order valence-electron chi connectivity index (χ0n) is 14.5. The summed E-state index contributed by atoms with van der Waals surface area (Å²) in [7, 11) is 2.90. The fraction of sp³-hybridized carbons (Fsp3) is 0.158. The molecule has 134 valence electrons. The van der Waals surface area contributed by atoms with Crippen LogP contribution in [0.25, 0.3) is 6.08 Å². The fourth-order valence-corrected chi connectivity index (χ4v) is 3.02. The van der Waals surface area contributed by atoms with E-state index in [0.29, 0.717) is 22.5 Å². The van der Waals surface area contributed by atoms with Gasteiger partial charge in [-0.3, -0.25) is 4.79 Å². The monoisotopic (exact) mass is 416 g/mol. The summed E-state index contributed by atoms with van der Waals surface area (Å²) in [6, 6.07) is 10.6. The highest BCUT2D eigenvalue weighted by Gasteiger charge is 2.29. The maximum absolute atomic E-state index is 12.8. The van der Waals surface area contributed by atoms with Crippen LogP contribution in [0.15, 0.2) is 51.5 Å². The Hall–Kier alpha value is -2.80. The molecule has 1 heterocycles. The molecule has 2 aromatic carbocycles. The first-order chi connectivity index (χ1) is 12.4. The van der Waals surface area contributed by atoms with Gasteiger partial charge in [-0.2, -0.15) is 10.1 Å². The Balaban J connectivity index is 2.00. The Morgan fingerprint density at radius 2 is 1.81 bits per heavy atom. The van der Waals surface area contributed by atoms with Crippen LogP contribution in [0.2, 0.25) is 0 Å². The molecule has 2 aromatic rings. The molecule has 6 nitrogen and oxygen atoms in total. The second kappa shape index (κ2) is 7.21. The van der Waals surface area contributed by atoms with Gasteiger partial charge >= 0.3 is 0 Å². The van der Waals surface area contributed by atoms with E-state index in [0.717, 1.165) is 4.47 Å². The number of nitrogens with zero attached hydrogens (tertiary/aromatic N) is 2. The average molecular weight is 417 g/mol. The number of methoxy groups -OCH3 is 2. The Labute approximate surface area is 159 Å². The number of rotatable bonds is 4. The van der Waals surface area contributed by atoms with E-state index in [1.54, 1.807) is 25.1 Å².